The van der Waals surface area contributed by atoms with Crippen LogP contribution in [-0.4, -0.2) is 8.32 Å². The second-order valence-corrected chi connectivity index (χ2v) is 10.6. The third kappa shape index (κ3) is 3.51. The monoisotopic (exact) mass is 276 g/mol. The predicted octanol–water partition coefficient (Wildman–Crippen LogP) is 5.09. The van der Waals surface area contributed by atoms with Crippen LogP contribution in [0.2, 0.25) is 18.1 Å². The molecule has 0 heterocycles. The molecule has 0 saturated carbocycles. The molecule has 0 radical (unpaired) electrons. The topological polar surface area (TPSA) is 9.23 Å². The van der Waals surface area contributed by atoms with E-state index in [2.05, 4.69) is 33.9 Å². The van der Waals surface area contributed by atoms with Gasteiger partial charge in [-0.25, -0.2) is 0 Å². The molecule has 0 spiro atoms. The molecule has 0 amide bonds. The van der Waals surface area contributed by atoms with Crippen LogP contribution in [0.1, 0.15) is 26.3 Å². The maximum Gasteiger partial charge on any atom is 0.416 e. The van der Waals surface area contributed by atoms with E-state index in [1.165, 1.54) is 12.1 Å². The fourth-order valence-electron chi connectivity index (χ4n) is 1.16. The van der Waals surface area contributed by atoms with Crippen LogP contribution in [0, 0.1) is 0 Å². The zero-order chi connectivity index (χ0) is 14.2. The Morgan fingerprint density at radius 3 is 1.72 bits per heavy atom. The van der Waals surface area contributed by atoms with Crippen molar-refractivity contribution in [3.8, 4) is 5.75 Å². The van der Waals surface area contributed by atoms with Crippen molar-refractivity contribution in [3.05, 3.63) is 29.8 Å². The van der Waals surface area contributed by atoms with Gasteiger partial charge in [0.25, 0.3) is 0 Å². The van der Waals surface area contributed by atoms with Gasteiger partial charge >= 0.3 is 6.18 Å². The van der Waals surface area contributed by atoms with E-state index in [1.54, 1.807) is 0 Å². The quantitative estimate of drug-likeness (QED) is 0.684. The number of rotatable bonds is 2. The molecule has 0 N–H and O–H groups in total. The first-order chi connectivity index (χ1) is 7.93. The second-order valence-electron chi connectivity index (χ2n) is 5.88. The summed E-state index contributed by atoms with van der Waals surface area (Å²) in [5.74, 6) is 0.509. The maximum absolute atomic E-state index is 12.4. The van der Waals surface area contributed by atoms with Crippen LogP contribution in [0.4, 0.5) is 13.2 Å². The molecule has 0 unspecified atom stereocenters. The van der Waals surface area contributed by atoms with E-state index in [4.69, 9.17) is 4.43 Å². The zero-order valence-electron chi connectivity index (χ0n) is 11.4. The van der Waals surface area contributed by atoms with Crippen LogP contribution >= 0.6 is 0 Å². The molecular formula is C13H19F3OSi. The molecule has 18 heavy (non-hydrogen) atoms. The molecule has 0 aliphatic heterocycles. The highest BCUT2D eigenvalue weighted by Gasteiger charge is 2.39. The lowest BCUT2D eigenvalue weighted by atomic mass is 10.2. The smallest absolute Gasteiger partial charge is 0.416 e. The molecule has 0 aliphatic rings. The van der Waals surface area contributed by atoms with Gasteiger partial charge in [-0.15, -0.1) is 0 Å². The van der Waals surface area contributed by atoms with Crippen LogP contribution in [-0.2, 0) is 6.18 Å². The van der Waals surface area contributed by atoms with E-state index < -0.39 is 20.1 Å². The molecule has 1 nitrogen and oxygen atoms in total. The van der Waals surface area contributed by atoms with Gasteiger partial charge in [-0.2, -0.15) is 13.2 Å². The van der Waals surface area contributed by atoms with Gasteiger partial charge in [0, 0.05) is 0 Å². The molecule has 0 saturated heterocycles. The lowest BCUT2D eigenvalue weighted by Crippen LogP contribution is -2.43. The van der Waals surface area contributed by atoms with Gasteiger partial charge in [-0.3, -0.25) is 0 Å². The molecule has 0 atom stereocenters. The van der Waals surface area contributed by atoms with Crippen molar-refractivity contribution in [2.75, 3.05) is 0 Å². The normalized spacial score (nSPS) is 13.6. The average molecular weight is 276 g/mol. The number of alkyl halides is 3. The van der Waals surface area contributed by atoms with E-state index in [1.807, 2.05) is 0 Å². The van der Waals surface area contributed by atoms with Crippen molar-refractivity contribution in [2.45, 2.75) is 45.1 Å². The van der Waals surface area contributed by atoms with E-state index in [0.717, 1.165) is 12.1 Å². The maximum atomic E-state index is 12.4. The summed E-state index contributed by atoms with van der Waals surface area (Å²) < 4.78 is 43.1. The van der Waals surface area contributed by atoms with Gasteiger partial charge in [0.15, 0.2) is 0 Å². The van der Waals surface area contributed by atoms with Gasteiger partial charge < -0.3 is 4.43 Å². The fourth-order valence-corrected chi connectivity index (χ4v) is 2.19. The third-order valence-corrected chi connectivity index (χ3v) is 7.72. The third-order valence-electron chi connectivity index (χ3n) is 3.36. The Hall–Kier alpha value is -0.973. The van der Waals surface area contributed by atoms with Gasteiger partial charge in [0.2, 0.25) is 8.32 Å². The van der Waals surface area contributed by atoms with Crippen LogP contribution in [0.25, 0.3) is 0 Å². The number of benzene rings is 1. The molecule has 0 fully saturated rings. The molecule has 0 bridgehead atoms. The molecule has 1 rings (SSSR count). The summed E-state index contributed by atoms with van der Waals surface area (Å²) >= 11 is 0. The lowest BCUT2D eigenvalue weighted by Gasteiger charge is -2.36. The Kier molecular flexibility index (Phi) is 3.86. The van der Waals surface area contributed by atoms with Crippen molar-refractivity contribution in [2.24, 2.45) is 0 Å². The van der Waals surface area contributed by atoms with Crippen molar-refractivity contribution >= 4 is 8.32 Å². The predicted molar refractivity (Wildman–Crippen MR) is 69.3 cm³/mol. The first-order valence-electron chi connectivity index (χ1n) is 5.80. The number of halogens is 3. The standard InChI is InChI=1S/C13H19F3OSi/c1-12(2,3)18(4,5)17-11-8-6-10(7-9-11)13(14,15)16/h6-9H,1-5H3. The van der Waals surface area contributed by atoms with E-state index in [-0.39, 0.29) is 5.04 Å². The van der Waals surface area contributed by atoms with E-state index in [9.17, 15) is 13.2 Å². The Morgan fingerprint density at radius 1 is 0.944 bits per heavy atom. The molecule has 5 heteroatoms. The Morgan fingerprint density at radius 2 is 1.39 bits per heavy atom. The highest BCUT2D eigenvalue weighted by molar-refractivity contribution is 6.74. The minimum Gasteiger partial charge on any atom is -0.544 e. The van der Waals surface area contributed by atoms with Crippen molar-refractivity contribution in [1.82, 2.24) is 0 Å². The summed E-state index contributed by atoms with van der Waals surface area (Å²) in [5.41, 5.74) is -0.648. The molecule has 0 aliphatic carbocycles. The summed E-state index contributed by atoms with van der Waals surface area (Å²) in [6, 6.07) is 4.90. The zero-order valence-corrected chi connectivity index (χ0v) is 12.4. The van der Waals surface area contributed by atoms with Gasteiger partial charge in [-0.1, -0.05) is 20.8 Å². The Balaban J connectivity index is 2.89. The summed E-state index contributed by atoms with van der Waals surface area (Å²) in [4.78, 5) is 0. The molecule has 102 valence electrons. The Bertz CT molecular complexity index is 402. The van der Waals surface area contributed by atoms with Gasteiger partial charge in [0.1, 0.15) is 5.75 Å². The van der Waals surface area contributed by atoms with Crippen LogP contribution < -0.4 is 4.43 Å². The first kappa shape index (κ1) is 15.1. The first-order valence-corrected chi connectivity index (χ1v) is 8.70. The van der Waals surface area contributed by atoms with Gasteiger partial charge in [0.05, 0.1) is 5.56 Å². The van der Waals surface area contributed by atoms with Crippen LogP contribution in [0.15, 0.2) is 24.3 Å². The van der Waals surface area contributed by atoms with E-state index >= 15 is 0 Å². The number of hydrogen-bond donors (Lipinski definition) is 0. The minimum absolute atomic E-state index is 0.0235. The molecule has 1 aromatic rings. The fraction of sp³-hybridized carbons (Fsp3) is 0.538. The van der Waals surface area contributed by atoms with Crippen LogP contribution in [0.5, 0.6) is 5.75 Å². The number of hydrogen-bond acceptors (Lipinski definition) is 1. The van der Waals surface area contributed by atoms with Crippen LogP contribution in [0.3, 0.4) is 0 Å². The summed E-state index contributed by atoms with van der Waals surface area (Å²) in [5, 5.41) is 0.0235. The summed E-state index contributed by atoms with van der Waals surface area (Å²) in [7, 11) is -1.99. The van der Waals surface area contributed by atoms with Gasteiger partial charge in [-0.05, 0) is 42.4 Å². The SMILES string of the molecule is CC(C)(C)[Si](C)(C)Oc1ccc(C(F)(F)F)cc1. The largest absolute Gasteiger partial charge is 0.544 e. The Labute approximate surface area is 107 Å². The van der Waals surface area contributed by atoms with E-state index in [0.29, 0.717) is 5.75 Å². The van der Waals surface area contributed by atoms with Crippen molar-refractivity contribution in [3.63, 3.8) is 0 Å². The average Bonchev–Trinajstić information content (AvgIpc) is 2.14. The van der Waals surface area contributed by atoms with Crippen molar-refractivity contribution < 1.29 is 17.6 Å². The second kappa shape index (κ2) is 4.61. The highest BCUT2D eigenvalue weighted by atomic mass is 28.4. The molecule has 1 aromatic carbocycles. The summed E-state index contributed by atoms with van der Waals surface area (Å²) in [6.07, 6.45) is -4.30. The minimum atomic E-state index is -4.30. The lowest BCUT2D eigenvalue weighted by molar-refractivity contribution is -0.137. The highest BCUT2D eigenvalue weighted by Crippen LogP contribution is 2.38. The van der Waals surface area contributed by atoms with Crippen molar-refractivity contribution in [1.29, 1.82) is 0 Å². The molecule has 0 aromatic heterocycles. The molecular weight excluding hydrogens is 257 g/mol. The summed E-state index contributed by atoms with van der Waals surface area (Å²) in [6.45, 7) is 10.4.